The van der Waals surface area contributed by atoms with E-state index in [1.54, 1.807) is 11.3 Å². The molecule has 0 bridgehead atoms. The smallest absolute Gasteiger partial charge is 0.301 e. The fourth-order valence-corrected chi connectivity index (χ4v) is 2.89. The highest BCUT2D eigenvalue weighted by Crippen LogP contribution is 2.25. The zero-order valence-corrected chi connectivity index (χ0v) is 12.7. The quantitative estimate of drug-likeness (QED) is 0.504. The van der Waals surface area contributed by atoms with Crippen LogP contribution in [0, 0.1) is 6.92 Å². The molecule has 2 heterocycles. The number of rotatable bonds is 5. The van der Waals surface area contributed by atoms with Gasteiger partial charge in [-0.05, 0) is 38.4 Å². The number of nitrogens with two attached hydrogens (primary N) is 1. The van der Waals surface area contributed by atoms with Crippen LogP contribution in [-0.2, 0) is 6.54 Å². The van der Waals surface area contributed by atoms with Crippen LogP contribution in [0.1, 0.15) is 39.7 Å². The molecule has 0 aliphatic rings. The average Bonchev–Trinajstić information content (AvgIpc) is 3.06. The van der Waals surface area contributed by atoms with Crippen LogP contribution in [0.4, 0.5) is 0 Å². The Morgan fingerprint density at radius 3 is 2.95 bits per heavy atom. The first-order valence-corrected chi connectivity index (χ1v) is 7.24. The number of carbonyl (C=O) groups excluding carboxylic acids is 1. The average molecular weight is 293 g/mol. The van der Waals surface area contributed by atoms with E-state index in [9.17, 15) is 4.79 Å². The topological polar surface area (TPSA) is 71.5 Å². The molecular weight excluding hydrogens is 274 g/mol. The van der Waals surface area contributed by atoms with Crippen molar-refractivity contribution >= 4 is 17.2 Å². The number of aryl methyl sites for hydroxylation is 1. The minimum atomic E-state index is -0.400. The molecule has 1 amide bonds. The molecule has 3 N–H and O–H groups in total. The van der Waals surface area contributed by atoms with E-state index in [1.165, 1.54) is 4.88 Å². The lowest BCUT2D eigenvalue weighted by atomic mass is 10.2. The van der Waals surface area contributed by atoms with Crippen LogP contribution in [-0.4, -0.2) is 17.9 Å². The van der Waals surface area contributed by atoms with Crippen molar-refractivity contribution in [3.8, 4) is 0 Å². The van der Waals surface area contributed by atoms with Gasteiger partial charge in [0.05, 0.1) is 6.54 Å². The number of hydrogen-bond donors (Lipinski definition) is 2. The number of hydrogen-bond acceptors (Lipinski definition) is 5. The van der Waals surface area contributed by atoms with Crippen molar-refractivity contribution in [1.29, 1.82) is 0 Å². The summed E-state index contributed by atoms with van der Waals surface area (Å²) in [5.74, 6) is 5.76. The molecular formula is C14H19N3O2S. The highest BCUT2D eigenvalue weighted by molar-refractivity contribution is 7.10. The van der Waals surface area contributed by atoms with Gasteiger partial charge in [0.25, 0.3) is 0 Å². The third kappa shape index (κ3) is 3.09. The molecule has 2 aromatic rings. The van der Waals surface area contributed by atoms with Crippen molar-refractivity contribution in [2.24, 2.45) is 5.84 Å². The number of nitrogens with one attached hydrogen (secondary N) is 1. The van der Waals surface area contributed by atoms with E-state index in [0.717, 1.165) is 11.3 Å². The van der Waals surface area contributed by atoms with Crippen molar-refractivity contribution in [2.45, 2.75) is 26.4 Å². The number of carbonyl (C=O) groups is 1. The number of nitrogens with zero attached hydrogens (tertiary/aromatic N) is 1. The molecule has 0 saturated heterocycles. The minimum Gasteiger partial charge on any atom is -0.454 e. The van der Waals surface area contributed by atoms with Gasteiger partial charge in [-0.1, -0.05) is 6.07 Å². The third-order valence-electron chi connectivity index (χ3n) is 3.33. The summed E-state index contributed by atoms with van der Waals surface area (Å²) < 4.78 is 5.57. The summed E-state index contributed by atoms with van der Waals surface area (Å²) in [6.07, 6.45) is 0. The maximum absolute atomic E-state index is 11.5. The van der Waals surface area contributed by atoms with Crippen LogP contribution < -0.4 is 11.3 Å². The second-order valence-corrected chi connectivity index (χ2v) is 5.78. The zero-order valence-electron chi connectivity index (χ0n) is 11.8. The maximum Gasteiger partial charge on any atom is 0.301 e. The Balaban J connectivity index is 2.08. The fraction of sp³-hybridized carbons (Fsp3) is 0.357. The van der Waals surface area contributed by atoms with Gasteiger partial charge in [0.1, 0.15) is 5.76 Å². The van der Waals surface area contributed by atoms with E-state index in [4.69, 9.17) is 10.3 Å². The molecule has 0 aromatic carbocycles. The SMILES string of the molecule is Cc1cc(CN(C)C(C)c2cccs2)oc1C(=O)NN. The highest BCUT2D eigenvalue weighted by atomic mass is 32.1. The number of nitrogen functional groups attached to an aromatic ring is 1. The Morgan fingerprint density at radius 1 is 1.60 bits per heavy atom. The minimum absolute atomic E-state index is 0.277. The van der Waals surface area contributed by atoms with E-state index in [1.807, 2.05) is 26.1 Å². The first-order valence-electron chi connectivity index (χ1n) is 6.36. The Morgan fingerprint density at radius 2 is 2.35 bits per heavy atom. The van der Waals surface area contributed by atoms with E-state index in [0.29, 0.717) is 12.6 Å². The number of amides is 1. The molecule has 1 atom stereocenters. The molecule has 2 rings (SSSR count). The number of hydrazine groups is 1. The molecule has 0 spiro atoms. The van der Waals surface area contributed by atoms with E-state index >= 15 is 0 Å². The Hall–Kier alpha value is -1.63. The van der Waals surface area contributed by atoms with Crippen molar-refractivity contribution < 1.29 is 9.21 Å². The highest BCUT2D eigenvalue weighted by Gasteiger charge is 2.18. The standard InChI is InChI=1S/C14H19N3O2S/c1-9-7-11(19-13(9)14(18)16-15)8-17(3)10(2)12-5-4-6-20-12/h4-7,10H,8,15H2,1-3H3,(H,16,18). The first-order chi connectivity index (χ1) is 9.52. The molecule has 2 aromatic heterocycles. The molecule has 20 heavy (non-hydrogen) atoms. The van der Waals surface area contributed by atoms with E-state index in [-0.39, 0.29) is 5.76 Å². The molecule has 108 valence electrons. The van der Waals surface area contributed by atoms with Crippen molar-refractivity contribution in [2.75, 3.05) is 7.05 Å². The number of furan rings is 1. The molecule has 5 nitrogen and oxygen atoms in total. The van der Waals surface area contributed by atoms with Crippen LogP contribution in [0.3, 0.4) is 0 Å². The summed E-state index contributed by atoms with van der Waals surface area (Å²) in [4.78, 5) is 15.0. The maximum atomic E-state index is 11.5. The molecule has 1 unspecified atom stereocenters. The van der Waals surface area contributed by atoms with Crippen LogP contribution in [0.15, 0.2) is 28.0 Å². The normalized spacial score (nSPS) is 12.7. The van der Waals surface area contributed by atoms with Gasteiger partial charge in [0.15, 0.2) is 5.76 Å². The van der Waals surface area contributed by atoms with Crippen molar-refractivity contribution in [1.82, 2.24) is 10.3 Å². The Bertz CT molecular complexity index is 577. The van der Waals surface area contributed by atoms with E-state index < -0.39 is 5.91 Å². The largest absolute Gasteiger partial charge is 0.454 e. The molecule has 0 radical (unpaired) electrons. The molecule has 0 fully saturated rings. The summed E-state index contributed by atoms with van der Waals surface area (Å²) in [6.45, 7) is 4.62. The van der Waals surface area contributed by atoms with Crippen molar-refractivity contribution in [3.63, 3.8) is 0 Å². The van der Waals surface area contributed by atoms with Crippen LogP contribution in [0.25, 0.3) is 0 Å². The van der Waals surface area contributed by atoms with Crippen LogP contribution >= 0.6 is 11.3 Å². The lowest BCUT2D eigenvalue weighted by molar-refractivity contribution is 0.0921. The van der Waals surface area contributed by atoms with Gasteiger partial charge in [-0.25, -0.2) is 5.84 Å². The molecule has 0 aliphatic heterocycles. The van der Waals surface area contributed by atoms with Gasteiger partial charge in [0.2, 0.25) is 0 Å². The lowest BCUT2D eigenvalue weighted by Crippen LogP contribution is -2.30. The van der Waals surface area contributed by atoms with Gasteiger partial charge in [-0.15, -0.1) is 11.3 Å². The number of thiophene rings is 1. The summed E-state index contributed by atoms with van der Waals surface area (Å²) in [6, 6.07) is 6.34. The summed E-state index contributed by atoms with van der Waals surface area (Å²) in [5, 5.41) is 2.07. The van der Waals surface area contributed by atoms with Gasteiger partial charge in [-0.3, -0.25) is 15.1 Å². The third-order valence-corrected chi connectivity index (χ3v) is 4.37. The van der Waals surface area contributed by atoms with E-state index in [2.05, 4.69) is 28.7 Å². The second kappa shape index (κ2) is 6.21. The summed E-state index contributed by atoms with van der Waals surface area (Å²) >= 11 is 1.73. The van der Waals surface area contributed by atoms with Gasteiger partial charge in [0, 0.05) is 16.5 Å². The first kappa shape index (κ1) is 14.8. The zero-order chi connectivity index (χ0) is 14.7. The summed E-state index contributed by atoms with van der Waals surface area (Å²) in [5.41, 5.74) is 2.88. The summed E-state index contributed by atoms with van der Waals surface area (Å²) in [7, 11) is 2.03. The van der Waals surface area contributed by atoms with Crippen LogP contribution in [0.5, 0.6) is 0 Å². The van der Waals surface area contributed by atoms with Gasteiger partial charge in [-0.2, -0.15) is 0 Å². The fourth-order valence-electron chi connectivity index (χ4n) is 2.05. The van der Waals surface area contributed by atoms with Gasteiger partial charge >= 0.3 is 5.91 Å². The predicted molar refractivity (Wildman–Crippen MR) is 79.3 cm³/mol. The monoisotopic (exact) mass is 293 g/mol. The Kier molecular flexibility index (Phi) is 4.59. The molecule has 0 aliphatic carbocycles. The predicted octanol–water partition coefficient (Wildman–Crippen LogP) is 2.45. The lowest BCUT2D eigenvalue weighted by Gasteiger charge is -2.22. The van der Waals surface area contributed by atoms with Gasteiger partial charge < -0.3 is 4.42 Å². The molecule has 6 heteroatoms. The molecule has 0 saturated carbocycles. The Labute approximate surface area is 122 Å². The van der Waals surface area contributed by atoms with Crippen molar-refractivity contribution in [3.05, 3.63) is 45.5 Å². The second-order valence-electron chi connectivity index (χ2n) is 4.80. The van der Waals surface area contributed by atoms with Crippen LogP contribution in [0.2, 0.25) is 0 Å².